The Bertz CT molecular complexity index is 888. The summed E-state index contributed by atoms with van der Waals surface area (Å²) >= 11 is 8.31. The summed E-state index contributed by atoms with van der Waals surface area (Å²) in [6, 6.07) is 7.81. The van der Waals surface area contributed by atoms with Crippen molar-refractivity contribution in [3.63, 3.8) is 0 Å². The van der Waals surface area contributed by atoms with Gasteiger partial charge in [0.15, 0.2) is 0 Å². The highest BCUT2D eigenvalue weighted by Gasteiger charge is 2.08. The molecule has 0 aliphatic carbocycles. The number of fused-ring (bicyclic) bond motifs is 1. The maximum atomic E-state index is 11.5. The van der Waals surface area contributed by atoms with Crippen LogP contribution in [0.3, 0.4) is 0 Å². The molecule has 110 valence electrons. The molecule has 22 heavy (non-hydrogen) atoms. The van der Waals surface area contributed by atoms with Crippen molar-refractivity contribution in [3.05, 3.63) is 57.9 Å². The molecule has 0 bridgehead atoms. The van der Waals surface area contributed by atoms with Gasteiger partial charge < -0.3 is 10.3 Å². The third-order valence-electron chi connectivity index (χ3n) is 3.22. The van der Waals surface area contributed by atoms with Crippen LogP contribution in [0.4, 0.5) is 5.69 Å². The lowest BCUT2D eigenvalue weighted by molar-refractivity contribution is -0.111. The standard InChI is InChI=1S/C16H11ClIN3O/c1-2-15(22)21-14-6-9(3-4-13(14)18)10-5-11-12(17)8-20-16(11)19-7-10/h2-8H,1H2,(H,19,20)(H,21,22). The first kappa shape index (κ1) is 15.1. The zero-order valence-corrected chi connectivity index (χ0v) is 14.3. The van der Waals surface area contributed by atoms with Gasteiger partial charge in [0.05, 0.1) is 10.7 Å². The van der Waals surface area contributed by atoms with E-state index in [0.29, 0.717) is 5.02 Å². The van der Waals surface area contributed by atoms with Crippen LogP contribution < -0.4 is 5.32 Å². The lowest BCUT2D eigenvalue weighted by Gasteiger charge is -2.09. The van der Waals surface area contributed by atoms with Gasteiger partial charge in [0, 0.05) is 26.9 Å². The highest BCUT2D eigenvalue weighted by Crippen LogP contribution is 2.30. The fourth-order valence-electron chi connectivity index (χ4n) is 2.11. The van der Waals surface area contributed by atoms with Crippen molar-refractivity contribution in [3.8, 4) is 11.1 Å². The summed E-state index contributed by atoms with van der Waals surface area (Å²) in [4.78, 5) is 18.9. The minimum absolute atomic E-state index is 0.239. The molecule has 0 radical (unpaired) electrons. The monoisotopic (exact) mass is 423 g/mol. The molecular weight excluding hydrogens is 413 g/mol. The molecule has 1 amide bonds. The number of H-pyrrole nitrogens is 1. The van der Waals surface area contributed by atoms with E-state index in [1.54, 1.807) is 12.4 Å². The third kappa shape index (κ3) is 2.86. The fourth-order valence-corrected chi connectivity index (χ4v) is 2.78. The van der Waals surface area contributed by atoms with E-state index in [-0.39, 0.29) is 5.91 Å². The first-order chi connectivity index (χ1) is 10.6. The molecule has 4 nitrogen and oxygen atoms in total. The molecule has 6 heteroatoms. The summed E-state index contributed by atoms with van der Waals surface area (Å²) in [5.41, 5.74) is 3.37. The van der Waals surface area contributed by atoms with Gasteiger partial charge in [-0.2, -0.15) is 0 Å². The van der Waals surface area contributed by atoms with Crippen molar-refractivity contribution in [2.24, 2.45) is 0 Å². The van der Waals surface area contributed by atoms with Gasteiger partial charge in [-0.1, -0.05) is 24.2 Å². The molecule has 2 N–H and O–H groups in total. The van der Waals surface area contributed by atoms with Gasteiger partial charge >= 0.3 is 0 Å². The Kier molecular flexibility index (Phi) is 4.17. The van der Waals surface area contributed by atoms with Gasteiger partial charge in [-0.05, 0) is 52.4 Å². The average Bonchev–Trinajstić information content (AvgIpc) is 2.90. The van der Waals surface area contributed by atoms with E-state index < -0.39 is 0 Å². The SMILES string of the molecule is C=CC(=O)Nc1cc(-c2cnc3[nH]cc(Cl)c3c2)ccc1I. The van der Waals surface area contributed by atoms with Crippen LogP contribution in [0.1, 0.15) is 0 Å². The minimum atomic E-state index is -0.239. The molecule has 0 saturated heterocycles. The van der Waals surface area contributed by atoms with Gasteiger partial charge in [0.2, 0.25) is 5.91 Å². The Morgan fingerprint density at radius 2 is 2.18 bits per heavy atom. The Morgan fingerprint density at radius 1 is 1.36 bits per heavy atom. The van der Waals surface area contributed by atoms with Crippen molar-refractivity contribution < 1.29 is 4.79 Å². The van der Waals surface area contributed by atoms with E-state index in [9.17, 15) is 4.79 Å². The van der Waals surface area contributed by atoms with Gasteiger partial charge in [0.1, 0.15) is 5.65 Å². The normalized spacial score (nSPS) is 10.6. The number of hydrogen-bond acceptors (Lipinski definition) is 2. The fraction of sp³-hybridized carbons (Fsp3) is 0. The topological polar surface area (TPSA) is 57.8 Å². The van der Waals surface area contributed by atoms with E-state index in [4.69, 9.17) is 11.6 Å². The molecule has 0 spiro atoms. The predicted octanol–water partition coefficient (Wildman–Crippen LogP) is 4.61. The third-order valence-corrected chi connectivity index (χ3v) is 4.48. The summed E-state index contributed by atoms with van der Waals surface area (Å²) < 4.78 is 0.949. The summed E-state index contributed by atoms with van der Waals surface area (Å²) in [5.74, 6) is -0.239. The molecule has 0 aliphatic heterocycles. The summed E-state index contributed by atoms with van der Waals surface area (Å²) in [6.45, 7) is 3.46. The van der Waals surface area contributed by atoms with Crippen LogP contribution in [-0.4, -0.2) is 15.9 Å². The number of pyridine rings is 1. The first-order valence-electron chi connectivity index (χ1n) is 6.44. The Morgan fingerprint density at radius 3 is 2.95 bits per heavy atom. The molecule has 0 fully saturated rings. The summed E-state index contributed by atoms with van der Waals surface area (Å²) in [5, 5.41) is 4.30. The van der Waals surface area contributed by atoms with Gasteiger partial charge in [-0.25, -0.2) is 4.98 Å². The molecule has 2 heterocycles. The van der Waals surface area contributed by atoms with Crippen LogP contribution >= 0.6 is 34.2 Å². The number of carbonyl (C=O) groups is 1. The molecule has 3 aromatic rings. The van der Waals surface area contributed by atoms with E-state index in [1.807, 2.05) is 24.3 Å². The predicted molar refractivity (Wildman–Crippen MR) is 98.1 cm³/mol. The molecule has 3 rings (SSSR count). The van der Waals surface area contributed by atoms with E-state index in [1.165, 1.54) is 6.08 Å². The highest BCUT2D eigenvalue weighted by molar-refractivity contribution is 14.1. The number of aromatic nitrogens is 2. The highest BCUT2D eigenvalue weighted by atomic mass is 127. The van der Waals surface area contributed by atoms with E-state index >= 15 is 0 Å². The van der Waals surface area contributed by atoms with Crippen LogP contribution in [-0.2, 0) is 4.79 Å². The smallest absolute Gasteiger partial charge is 0.247 e. The first-order valence-corrected chi connectivity index (χ1v) is 7.90. The number of amides is 1. The van der Waals surface area contributed by atoms with Crippen molar-refractivity contribution in [2.45, 2.75) is 0 Å². The number of carbonyl (C=O) groups excluding carboxylic acids is 1. The number of halogens is 2. The average molecular weight is 424 g/mol. The van der Waals surface area contributed by atoms with Crippen LogP contribution in [0.15, 0.2) is 49.3 Å². The second kappa shape index (κ2) is 6.10. The number of nitrogens with one attached hydrogen (secondary N) is 2. The molecule has 2 aromatic heterocycles. The second-order valence-electron chi connectivity index (χ2n) is 4.64. The number of rotatable bonds is 3. The van der Waals surface area contributed by atoms with Crippen LogP contribution in [0.25, 0.3) is 22.2 Å². The maximum absolute atomic E-state index is 11.5. The molecule has 1 aromatic carbocycles. The molecule has 0 aliphatic rings. The number of nitrogens with zero attached hydrogens (tertiary/aromatic N) is 1. The lowest BCUT2D eigenvalue weighted by Crippen LogP contribution is -2.08. The Labute approximate surface area is 145 Å². The molecule has 0 saturated carbocycles. The number of aromatic amines is 1. The molecule has 0 unspecified atom stereocenters. The summed E-state index contributed by atoms with van der Waals surface area (Å²) in [7, 11) is 0. The zero-order valence-electron chi connectivity index (χ0n) is 11.4. The largest absolute Gasteiger partial charge is 0.345 e. The lowest BCUT2D eigenvalue weighted by atomic mass is 10.1. The number of hydrogen-bond donors (Lipinski definition) is 2. The molecule has 0 atom stereocenters. The van der Waals surface area contributed by atoms with Gasteiger partial charge in [-0.15, -0.1) is 0 Å². The van der Waals surface area contributed by atoms with E-state index in [2.05, 4.69) is 44.5 Å². The van der Waals surface area contributed by atoms with Crippen molar-refractivity contribution >= 4 is 56.8 Å². The second-order valence-corrected chi connectivity index (χ2v) is 6.21. The number of anilines is 1. The Hall–Kier alpha value is -1.86. The summed E-state index contributed by atoms with van der Waals surface area (Å²) in [6.07, 6.45) is 4.74. The van der Waals surface area contributed by atoms with Crippen LogP contribution in [0, 0.1) is 3.57 Å². The van der Waals surface area contributed by atoms with Crippen molar-refractivity contribution in [1.82, 2.24) is 9.97 Å². The minimum Gasteiger partial charge on any atom is -0.345 e. The zero-order chi connectivity index (χ0) is 15.7. The van der Waals surface area contributed by atoms with Crippen molar-refractivity contribution in [2.75, 3.05) is 5.32 Å². The quantitative estimate of drug-likeness (QED) is 0.477. The van der Waals surface area contributed by atoms with Gasteiger partial charge in [-0.3, -0.25) is 4.79 Å². The maximum Gasteiger partial charge on any atom is 0.247 e. The van der Waals surface area contributed by atoms with Crippen molar-refractivity contribution in [1.29, 1.82) is 0 Å². The Balaban J connectivity index is 2.06. The number of benzene rings is 1. The van der Waals surface area contributed by atoms with Gasteiger partial charge in [0.25, 0.3) is 0 Å². The van der Waals surface area contributed by atoms with Crippen LogP contribution in [0.2, 0.25) is 5.02 Å². The van der Waals surface area contributed by atoms with Crippen LogP contribution in [0.5, 0.6) is 0 Å². The molecular formula is C16H11ClIN3O. The van der Waals surface area contributed by atoms with E-state index in [0.717, 1.165) is 31.4 Å².